The maximum Gasteiger partial charge on any atom is 0.267 e. The molecule has 0 aliphatic heterocycles. The van der Waals surface area contributed by atoms with E-state index in [1.807, 2.05) is 6.07 Å². The Hall–Kier alpha value is -4.22. The van der Waals surface area contributed by atoms with Gasteiger partial charge in [-0.3, -0.25) is 24.5 Å². The topological polar surface area (TPSA) is 137 Å². The van der Waals surface area contributed by atoms with E-state index in [0.29, 0.717) is 27.5 Å². The van der Waals surface area contributed by atoms with Gasteiger partial charge in [0.15, 0.2) is 0 Å². The average Bonchev–Trinajstić information content (AvgIpc) is 2.93. The Kier molecular flexibility index (Phi) is 8.62. The Morgan fingerprint density at radius 1 is 0.872 bits per heavy atom. The van der Waals surface area contributed by atoms with Crippen LogP contribution in [0.1, 0.15) is 15.9 Å². The van der Waals surface area contributed by atoms with Crippen LogP contribution in [0.5, 0.6) is 0 Å². The maximum atomic E-state index is 12.9. The van der Waals surface area contributed by atoms with Gasteiger partial charge in [-0.2, -0.15) is 0 Å². The van der Waals surface area contributed by atoms with Crippen molar-refractivity contribution in [2.24, 2.45) is 0 Å². The van der Waals surface area contributed by atoms with E-state index in [4.69, 9.17) is 28.4 Å². The maximum absolute atomic E-state index is 12.9. The third-order valence-electron chi connectivity index (χ3n) is 5.34. The van der Waals surface area contributed by atoms with Crippen LogP contribution < -0.4 is 15.5 Å². The number of rotatable bonds is 8. The summed E-state index contributed by atoms with van der Waals surface area (Å²) in [5, 5.41) is 11.8. The van der Waals surface area contributed by atoms with Gasteiger partial charge in [0, 0.05) is 23.5 Å². The molecule has 1 heterocycles. The van der Waals surface area contributed by atoms with Crippen molar-refractivity contribution in [3.05, 3.63) is 112 Å². The van der Waals surface area contributed by atoms with Crippen molar-refractivity contribution in [2.45, 2.75) is 4.90 Å². The molecule has 0 aliphatic rings. The summed E-state index contributed by atoms with van der Waals surface area (Å²) < 4.78 is 28.2. The lowest BCUT2D eigenvalue weighted by Gasteiger charge is -2.12. The Morgan fingerprint density at radius 2 is 1.67 bits per heavy atom. The summed E-state index contributed by atoms with van der Waals surface area (Å²) in [6, 6.07) is 20.3. The average molecular weight is 583 g/mol. The van der Waals surface area contributed by atoms with Crippen molar-refractivity contribution in [1.82, 2.24) is 10.5 Å². The number of carbonyl (C=O) groups excluding carboxylic acids is 2. The first-order valence-corrected chi connectivity index (χ1v) is 13.5. The van der Waals surface area contributed by atoms with Gasteiger partial charge in [-0.05, 0) is 72.3 Å². The molecule has 0 aliphatic carbocycles. The molecule has 0 fully saturated rings. The van der Waals surface area contributed by atoms with E-state index in [2.05, 4.69) is 15.0 Å². The van der Waals surface area contributed by atoms with Crippen LogP contribution >= 0.6 is 23.2 Å². The molecule has 0 unspecified atom stereocenters. The van der Waals surface area contributed by atoms with Crippen LogP contribution in [0.4, 0.5) is 11.4 Å². The highest BCUT2D eigenvalue weighted by atomic mass is 35.5. The molecule has 0 spiro atoms. The second kappa shape index (κ2) is 12.1. The lowest BCUT2D eigenvalue weighted by Crippen LogP contribution is -2.15. The summed E-state index contributed by atoms with van der Waals surface area (Å²) in [5.74, 6) is -1.26. The van der Waals surface area contributed by atoms with Crippen LogP contribution in [-0.2, 0) is 14.8 Å². The van der Waals surface area contributed by atoms with Gasteiger partial charge in [-0.25, -0.2) is 13.9 Å². The highest BCUT2D eigenvalue weighted by molar-refractivity contribution is 7.92. The van der Waals surface area contributed by atoms with Crippen molar-refractivity contribution >= 4 is 62.5 Å². The van der Waals surface area contributed by atoms with Gasteiger partial charge < -0.3 is 5.32 Å². The van der Waals surface area contributed by atoms with Crippen LogP contribution in [0.2, 0.25) is 10.0 Å². The number of amides is 2. The second-order valence-corrected chi connectivity index (χ2v) is 10.5. The van der Waals surface area contributed by atoms with E-state index in [-0.39, 0.29) is 21.2 Å². The quantitative estimate of drug-likeness (QED) is 0.121. The largest absolute Gasteiger partial charge is 0.322 e. The highest BCUT2D eigenvalue weighted by Gasteiger charge is 2.17. The molecular formula is C27H20Cl2N4O5S. The van der Waals surface area contributed by atoms with E-state index in [9.17, 15) is 18.0 Å². The number of hydroxylamine groups is 1. The molecule has 4 N–H and O–H groups in total. The van der Waals surface area contributed by atoms with Crippen LogP contribution in [-0.4, -0.2) is 30.4 Å². The normalized spacial score (nSPS) is 11.3. The first kappa shape index (κ1) is 27.8. The number of halogens is 2. The Bertz CT molecular complexity index is 1680. The molecule has 12 heteroatoms. The Labute approximate surface area is 234 Å². The number of pyridine rings is 1. The fourth-order valence-electron chi connectivity index (χ4n) is 3.49. The monoisotopic (exact) mass is 582 g/mol. The number of nitrogens with zero attached hydrogens (tertiary/aromatic N) is 1. The molecule has 0 radical (unpaired) electrons. The zero-order valence-electron chi connectivity index (χ0n) is 19.9. The molecule has 0 bridgehead atoms. The van der Waals surface area contributed by atoms with Gasteiger partial charge in [0.2, 0.25) is 0 Å². The molecule has 0 saturated heterocycles. The minimum atomic E-state index is -4.03. The SMILES string of the molecule is O=C(C=Cc1cccc(S(=O)(=O)Nc2ccc(C(=O)Nc3ccc(Cl)c(-c4ccccn4)c3)c(Cl)c2)c1)NO. The zero-order valence-corrected chi connectivity index (χ0v) is 22.3. The highest BCUT2D eigenvalue weighted by Crippen LogP contribution is 2.30. The molecule has 0 saturated carbocycles. The van der Waals surface area contributed by atoms with Gasteiger partial charge in [0.1, 0.15) is 0 Å². The Balaban J connectivity index is 1.50. The number of benzene rings is 3. The molecule has 1 aromatic heterocycles. The van der Waals surface area contributed by atoms with E-state index in [1.54, 1.807) is 42.6 Å². The predicted octanol–water partition coefficient (Wildman–Crippen LogP) is 5.63. The standard InChI is InChI=1S/C27H20Cl2N4O5S/c28-23-11-9-18(15-22(23)25-6-1-2-13-30-25)31-27(35)21-10-8-19(16-24(21)29)33-39(37,38)20-5-3-4-17(14-20)7-12-26(34)32-36/h1-16,33,36H,(H,31,35)(H,32,34). The molecule has 3 aromatic carbocycles. The van der Waals surface area contributed by atoms with Crippen molar-refractivity contribution in [1.29, 1.82) is 0 Å². The number of hydrogen-bond acceptors (Lipinski definition) is 6. The molecule has 0 atom stereocenters. The van der Waals surface area contributed by atoms with Gasteiger partial charge in [0.05, 0.1) is 31.9 Å². The number of aromatic nitrogens is 1. The Morgan fingerprint density at radius 3 is 2.38 bits per heavy atom. The van der Waals surface area contributed by atoms with Crippen LogP contribution in [0, 0.1) is 0 Å². The number of nitrogens with one attached hydrogen (secondary N) is 3. The zero-order chi connectivity index (χ0) is 28.0. The van der Waals surface area contributed by atoms with E-state index in [0.717, 1.165) is 6.08 Å². The van der Waals surface area contributed by atoms with E-state index < -0.39 is 21.8 Å². The third kappa shape index (κ3) is 7.01. The number of carbonyl (C=O) groups is 2. The van der Waals surface area contributed by atoms with Crippen molar-refractivity contribution in [2.75, 3.05) is 10.0 Å². The summed E-state index contributed by atoms with van der Waals surface area (Å²) in [6.07, 6.45) is 4.03. The van der Waals surface area contributed by atoms with Crippen LogP contribution in [0.25, 0.3) is 17.3 Å². The van der Waals surface area contributed by atoms with Gasteiger partial charge >= 0.3 is 0 Å². The first-order valence-electron chi connectivity index (χ1n) is 11.2. The van der Waals surface area contributed by atoms with Gasteiger partial charge in [-0.15, -0.1) is 0 Å². The van der Waals surface area contributed by atoms with Crippen molar-refractivity contribution < 1.29 is 23.2 Å². The lowest BCUT2D eigenvalue weighted by atomic mass is 10.1. The van der Waals surface area contributed by atoms with Crippen LogP contribution in [0.15, 0.2) is 96.0 Å². The fourth-order valence-corrected chi connectivity index (χ4v) is 5.08. The smallest absolute Gasteiger partial charge is 0.267 e. The van der Waals surface area contributed by atoms with E-state index >= 15 is 0 Å². The second-order valence-electron chi connectivity index (χ2n) is 8.05. The van der Waals surface area contributed by atoms with E-state index in [1.165, 1.54) is 48.0 Å². The predicted molar refractivity (Wildman–Crippen MR) is 150 cm³/mol. The number of sulfonamides is 1. The minimum absolute atomic E-state index is 0.0262. The third-order valence-corrected chi connectivity index (χ3v) is 7.36. The molecule has 2 amide bonds. The minimum Gasteiger partial charge on any atom is -0.322 e. The molecule has 4 rings (SSSR count). The number of anilines is 2. The summed E-state index contributed by atoms with van der Waals surface area (Å²) in [4.78, 5) is 28.3. The lowest BCUT2D eigenvalue weighted by molar-refractivity contribution is -0.124. The summed E-state index contributed by atoms with van der Waals surface area (Å²) >= 11 is 12.6. The summed E-state index contributed by atoms with van der Waals surface area (Å²) in [5.41, 5.74) is 3.89. The summed E-state index contributed by atoms with van der Waals surface area (Å²) in [7, 11) is -4.03. The molecule has 4 aromatic rings. The van der Waals surface area contributed by atoms with Gasteiger partial charge in [-0.1, -0.05) is 41.4 Å². The van der Waals surface area contributed by atoms with Crippen LogP contribution in [0.3, 0.4) is 0 Å². The molecule has 198 valence electrons. The number of hydrogen-bond donors (Lipinski definition) is 4. The van der Waals surface area contributed by atoms with Crippen molar-refractivity contribution in [3.63, 3.8) is 0 Å². The summed E-state index contributed by atoms with van der Waals surface area (Å²) in [6.45, 7) is 0. The van der Waals surface area contributed by atoms with Gasteiger partial charge in [0.25, 0.3) is 21.8 Å². The molecule has 9 nitrogen and oxygen atoms in total. The fraction of sp³-hybridized carbons (Fsp3) is 0. The first-order chi connectivity index (χ1) is 18.7. The molecular weight excluding hydrogens is 563 g/mol. The van der Waals surface area contributed by atoms with Crippen molar-refractivity contribution in [3.8, 4) is 11.3 Å². The molecule has 39 heavy (non-hydrogen) atoms.